The summed E-state index contributed by atoms with van der Waals surface area (Å²) in [5.74, 6) is 1.12. The molecule has 1 fully saturated rings. The van der Waals surface area contributed by atoms with Crippen LogP contribution in [-0.4, -0.2) is 38.0 Å². The highest BCUT2D eigenvalue weighted by molar-refractivity contribution is 7.85. The molecule has 10 heteroatoms. The lowest BCUT2D eigenvalue weighted by Crippen LogP contribution is -2.30. The molecule has 0 spiro atoms. The van der Waals surface area contributed by atoms with Crippen molar-refractivity contribution in [2.45, 2.75) is 31.6 Å². The molecule has 1 atom stereocenters. The summed E-state index contributed by atoms with van der Waals surface area (Å²) >= 11 is 0. The van der Waals surface area contributed by atoms with E-state index in [-0.39, 0.29) is 11.3 Å². The van der Waals surface area contributed by atoms with Gasteiger partial charge in [0.15, 0.2) is 11.5 Å². The van der Waals surface area contributed by atoms with Crippen LogP contribution in [0.25, 0.3) is 10.9 Å². The lowest BCUT2D eigenvalue weighted by molar-refractivity contribution is 0.101. The van der Waals surface area contributed by atoms with Crippen molar-refractivity contribution in [3.05, 3.63) is 66.2 Å². The summed E-state index contributed by atoms with van der Waals surface area (Å²) in [6.07, 6.45) is 7.85. The number of ether oxygens (including phenoxy) is 2. The first-order chi connectivity index (χ1) is 17.8. The van der Waals surface area contributed by atoms with E-state index < -0.39 is 11.0 Å². The van der Waals surface area contributed by atoms with Gasteiger partial charge >= 0.3 is 0 Å². The maximum atomic E-state index is 13.6. The van der Waals surface area contributed by atoms with E-state index in [0.29, 0.717) is 34.4 Å². The number of methoxy groups -OCH3 is 1. The van der Waals surface area contributed by atoms with Crippen LogP contribution in [0.3, 0.4) is 0 Å². The first-order valence-corrected chi connectivity index (χ1v) is 13.5. The van der Waals surface area contributed by atoms with Crippen molar-refractivity contribution in [3.63, 3.8) is 0 Å². The van der Waals surface area contributed by atoms with E-state index in [4.69, 9.17) is 9.47 Å². The molecule has 2 aromatic heterocycles. The van der Waals surface area contributed by atoms with Crippen molar-refractivity contribution in [1.29, 1.82) is 0 Å². The summed E-state index contributed by atoms with van der Waals surface area (Å²) in [7, 11) is 2.05. The van der Waals surface area contributed by atoms with Crippen LogP contribution in [0.1, 0.15) is 42.2 Å². The van der Waals surface area contributed by atoms with Crippen molar-refractivity contribution in [2.24, 2.45) is 7.05 Å². The minimum atomic E-state index is -1.31. The summed E-state index contributed by atoms with van der Waals surface area (Å²) in [5.41, 5.74) is 3.39. The number of carbonyl (C=O) groups excluding carboxylic acids is 1. The minimum Gasteiger partial charge on any atom is -0.492 e. The van der Waals surface area contributed by atoms with E-state index in [9.17, 15) is 9.00 Å². The second-order valence-corrected chi connectivity index (χ2v) is 10.6. The second kappa shape index (κ2) is 9.85. The monoisotopic (exact) mass is 519 g/mol. The highest BCUT2D eigenvalue weighted by Crippen LogP contribution is 2.47. The molecule has 1 amide bonds. The zero-order chi connectivity index (χ0) is 26.2. The fraction of sp³-hybridized carbons (Fsp3) is 0.296. The Morgan fingerprint density at radius 3 is 2.59 bits per heavy atom. The lowest BCUT2D eigenvalue weighted by atomic mass is 9.66. The van der Waals surface area contributed by atoms with Gasteiger partial charge in [-0.25, -0.2) is 14.2 Å². The smallest absolute Gasteiger partial charge is 0.272 e. The molecule has 4 aromatic rings. The Morgan fingerprint density at radius 1 is 1.16 bits per heavy atom. The summed E-state index contributed by atoms with van der Waals surface area (Å²) in [6.45, 7) is 2.21. The molecule has 0 bridgehead atoms. The zero-order valence-corrected chi connectivity index (χ0v) is 22.0. The molecule has 2 N–H and O–H groups in total. The molecule has 37 heavy (non-hydrogen) atoms. The molecule has 5 rings (SSSR count). The Labute approximate surface area is 217 Å². The summed E-state index contributed by atoms with van der Waals surface area (Å²) in [4.78, 5) is 21.6. The minimum absolute atomic E-state index is 0.00427. The van der Waals surface area contributed by atoms with E-state index in [1.807, 2.05) is 43.4 Å². The number of benzene rings is 2. The number of nitrogens with one attached hydrogen (secondary N) is 2. The van der Waals surface area contributed by atoms with Gasteiger partial charge in [0.05, 0.1) is 24.0 Å². The Morgan fingerprint density at radius 2 is 1.95 bits per heavy atom. The molecule has 0 saturated heterocycles. The molecule has 1 aliphatic rings. The standard InChI is InChI=1S/C27H29N5O4S/c1-27(10-6-11-27)18-14-19(25(35-3)20(15-18)31-37(4)34)30-26(33)21-13-17-7-5-8-22(24(17)32(21)2)36-23-9-12-28-16-29-23/h5,7-9,12-16,31H,6,10-11H2,1-4H3,(H,30,33). The Kier molecular flexibility index (Phi) is 6.59. The van der Waals surface area contributed by atoms with Gasteiger partial charge in [-0.05, 0) is 48.1 Å². The van der Waals surface area contributed by atoms with Crippen molar-refractivity contribution < 1.29 is 18.5 Å². The highest BCUT2D eigenvalue weighted by Gasteiger charge is 2.35. The Bertz CT molecular complexity index is 1500. The van der Waals surface area contributed by atoms with Crippen LogP contribution >= 0.6 is 0 Å². The van der Waals surface area contributed by atoms with Crippen molar-refractivity contribution in [2.75, 3.05) is 23.4 Å². The number of nitrogens with zero attached hydrogens (tertiary/aromatic N) is 3. The van der Waals surface area contributed by atoms with E-state index in [1.54, 1.807) is 23.1 Å². The number of carbonyl (C=O) groups is 1. The number of rotatable bonds is 8. The van der Waals surface area contributed by atoms with Crippen LogP contribution in [0, 0.1) is 0 Å². The molecule has 1 aliphatic carbocycles. The van der Waals surface area contributed by atoms with Gasteiger partial charge in [0.2, 0.25) is 5.88 Å². The molecule has 1 saturated carbocycles. The third kappa shape index (κ3) is 4.76. The van der Waals surface area contributed by atoms with Gasteiger partial charge in [-0.2, -0.15) is 0 Å². The van der Waals surface area contributed by atoms with Gasteiger partial charge in [0.1, 0.15) is 23.0 Å². The SMILES string of the molecule is COc1c(NC(=O)c2cc3cccc(Oc4ccncn4)c3n2C)cc(C2(C)CCC2)cc1NS(C)=O. The van der Waals surface area contributed by atoms with E-state index in [2.05, 4.69) is 26.9 Å². The normalized spacial score (nSPS) is 15.0. The topological polar surface area (TPSA) is 107 Å². The van der Waals surface area contributed by atoms with Crippen LogP contribution in [0.15, 0.2) is 55.0 Å². The number of amides is 1. The van der Waals surface area contributed by atoms with Gasteiger partial charge in [-0.15, -0.1) is 0 Å². The van der Waals surface area contributed by atoms with Gasteiger partial charge in [0, 0.05) is 31.0 Å². The van der Waals surface area contributed by atoms with Crippen LogP contribution in [0.2, 0.25) is 0 Å². The largest absolute Gasteiger partial charge is 0.492 e. The maximum Gasteiger partial charge on any atom is 0.272 e. The predicted molar refractivity (Wildman–Crippen MR) is 145 cm³/mol. The maximum absolute atomic E-state index is 13.6. The van der Waals surface area contributed by atoms with Crippen molar-refractivity contribution >= 4 is 39.2 Å². The van der Waals surface area contributed by atoms with Crippen LogP contribution in [0.4, 0.5) is 11.4 Å². The number of fused-ring (bicyclic) bond motifs is 1. The molecule has 9 nitrogen and oxygen atoms in total. The van der Waals surface area contributed by atoms with E-state index in [1.165, 1.54) is 13.4 Å². The number of hydrogen-bond acceptors (Lipinski definition) is 6. The number of aryl methyl sites for hydroxylation is 1. The van der Waals surface area contributed by atoms with Crippen molar-refractivity contribution in [3.8, 4) is 17.4 Å². The van der Waals surface area contributed by atoms with Crippen LogP contribution < -0.4 is 19.5 Å². The zero-order valence-electron chi connectivity index (χ0n) is 21.2. The molecule has 2 aromatic carbocycles. The number of anilines is 2. The molecule has 0 radical (unpaired) electrons. The lowest BCUT2D eigenvalue weighted by Gasteiger charge is -2.39. The van der Waals surface area contributed by atoms with Gasteiger partial charge in [-0.1, -0.05) is 25.5 Å². The summed E-state index contributed by atoms with van der Waals surface area (Å²) in [5, 5.41) is 3.89. The van der Waals surface area contributed by atoms with Gasteiger partial charge in [0.25, 0.3) is 5.91 Å². The third-order valence-electron chi connectivity index (χ3n) is 6.97. The number of aromatic nitrogens is 3. The van der Waals surface area contributed by atoms with E-state index in [0.717, 1.165) is 35.7 Å². The van der Waals surface area contributed by atoms with Crippen LogP contribution in [0.5, 0.6) is 17.4 Å². The fourth-order valence-corrected chi connectivity index (χ4v) is 5.30. The average molecular weight is 520 g/mol. The first kappa shape index (κ1) is 24.8. The number of para-hydroxylation sites is 1. The van der Waals surface area contributed by atoms with Crippen LogP contribution in [-0.2, 0) is 23.4 Å². The Hall–Kier alpha value is -3.92. The fourth-order valence-electron chi connectivity index (χ4n) is 4.83. The summed E-state index contributed by atoms with van der Waals surface area (Å²) < 4.78 is 28.4. The molecule has 0 aliphatic heterocycles. The van der Waals surface area contributed by atoms with Crippen molar-refractivity contribution in [1.82, 2.24) is 14.5 Å². The second-order valence-electron chi connectivity index (χ2n) is 9.46. The molecule has 192 valence electrons. The van der Waals surface area contributed by atoms with Gasteiger partial charge in [-0.3, -0.25) is 4.79 Å². The Balaban J connectivity index is 1.52. The predicted octanol–water partition coefficient (Wildman–Crippen LogP) is 5.17. The highest BCUT2D eigenvalue weighted by atomic mass is 32.2. The van der Waals surface area contributed by atoms with Gasteiger partial charge < -0.3 is 24.1 Å². The molecule has 1 unspecified atom stereocenters. The molecular weight excluding hydrogens is 490 g/mol. The quantitative estimate of drug-likeness (QED) is 0.333. The molecule has 2 heterocycles. The first-order valence-electron chi connectivity index (χ1n) is 12.0. The molecular formula is C27H29N5O4S. The third-order valence-corrected chi connectivity index (χ3v) is 7.48. The number of hydrogen-bond donors (Lipinski definition) is 2. The average Bonchev–Trinajstić information content (AvgIpc) is 3.20. The van der Waals surface area contributed by atoms with E-state index >= 15 is 0 Å². The summed E-state index contributed by atoms with van der Waals surface area (Å²) in [6, 6.07) is 13.1.